The summed E-state index contributed by atoms with van der Waals surface area (Å²) in [5, 5.41) is 4.83. The summed E-state index contributed by atoms with van der Waals surface area (Å²) in [5.74, 6) is 0.303. The zero-order valence-corrected chi connectivity index (χ0v) is 24.1. The zero-order chi connectivity index (χ0) is 29.6. The molecule has 0 saturated carbocycles. The van der Waals surface area contributed by atoms with E-state index in [9.17, 15) is 18.0 Å². The highest BCUT2D eigenvalue weighted by Crippen LogP contribution is 2.36. The van der Waals surface area contributed by atoms with Gasteiger partial charge in [-0.2, -0.15) is 0 Å². The van der Waals surface area contributed by atoms with Crippen molar-refractivity contribution in [3.05, 3.63) is 123 Å². The van der Waals surface area contributed by atoms with Gasteiger partial charge in [-0.3, -0.25) is 14.2 Å². The first-order valence-electron chi connectivity index (χ1n) is 13.0. The molecule has 0 aliphatic rings. The molecule has 3 heterocycles. The summed E-state index contributed by atoms with van der Waals surface area (Å²) in [6, 6.07) is 21.8. The Morgan fingerprint density at radius 3 is 2.36 bits per heavy atom. The molecule has 210 valence electrons. The van der Waals surface area contributed by atoms with Gasteiger partial charge < -0.3 is 10.3 Å². The maximum Gasteiger partial charge on any atom is 0.263 e. The number of hydrogen-bond donors (Lipinski definition) is 2. The van der Waals surface area contributed by atoms with E-state index in [1.54, 1.807) is 28.8 Å². The second kappa shape index (κ2) is 10.6. The number of aromatic amines is 1. The van der Waals surface area contributed by atoms with Crippen LogP contribution in [0.5, 0.6) is 0 Å². The Labute approximate surface area is 245 Å². The quantitative estimate of drug-likeness (QED) is 0.259. The van der Waals surface area contributed by atoms with Gasteiger partial charge in [-0.25, -0.2) is 18.4 Å². The van der Waals surface area contributed by atoms with Crippen LogP contribution in [0.25, 0.3) is 38.6 Å². The van der Waals surface area contributed by atoms with Crippen LogP contribution in [-0.2, 0) is 9.84 Å². The molecule has 42 heavy (non-hydrogen) atoms. The Kier molecular flexibility index (Phi) is 6.88. The fraction of sp³-hybridized carbons (Fsp3) is 0.0968. The number of nitrogens with zero attached hydrogens (tertiary/aromatic N) is 3. The number of fused-ring (bicyclic) bond motifs is 2. The second-order valence-electron chi connectivity index (χ2n) is 9.85. The third kappa shape index (κ3) is 4.74. The second-order valence-corrected chi connectivity index (χ2v) is 12.2. The first-order chi connectivity index (χ1) is 20.1. The highest BCUT2D eigenvalue weighted by Gasteiger charge is 2.24. The van der Waals surface area contributed by atoms with Gasteiger partial charge in [0, 0.05) is 29.6 Å². The SMILES string of the molecule is C[C@H](Nc1ncnc2[nH]ccc(=O)c12)c1c(Cl)c2cccc(-c3ccc(S(C)(=O)=O)cc3)c2c(=O)n1-c1ccccc1. The maximum atomic E-state index is 14.4. The van der Waals surface area contributed by atoms with Crippen molar-refractivity contribution in [3.63, 3.8) is 0 Å². The smallest absolute Gasteiger partial charge is 0.263 e. The molecule has 0 fully saturated rings. The van der Waals surface area contributed by atoms with Crippen molar-refractivity contribution < 1.29 is 8.42 Å². The molecule has 2 N–H and O–H groups in total. The van der Waals surface area contributed by atoms with Crippen LogP contribution >= 0.6 is 11.6 Å². The number of aromatic nitrogens is 4. The normalized spacial score (nSPS) is 12.5. The Morgan fingerprint density at radius 2 is 1.64 bits per heavy atom. The fourth-order valence-electron chi connectivity index (χ4n) is 5.15. The Morgan fingerprint density at radius 1 is 0.905 bits per heavy atom. The monoisotopic (exact) mass is 597 g/mol. The van der Waals surface area contributed by atoms with E-state index < -0.39 is 15.9 Å². The number of H-pyrrole nitrogens is 1. The van der Waals surface area contributed by atoms with E-state index in [-0.39, 0.29) is 21.3 Å². The lowest BCUT2D eigenvalue weighted by Crippen LogP contribution is -2.27. The topological polar surface area (TPSA) is 127 Å². The lowest BCUT2D eigenvalue weighted by atomic mass is 9.97. The molecule has 0 aliphatic carbocycles. The van der Waals surface area contributed by atoms with Gasteiger partial charge in [0.05, 0.1) is 27.0 Å². The molecule has 6 rings (SSSR count). The molecular weight excluding hydrogens is 574 g/mol. The van der Waals surface area contributed by atoms with Gasteiger partial charge in [0.1, 0.15) is 23.2 Å². The molecule has 0 spiro atoms. The molecule has 6 aromatic rings. The third-order valence-electron chi connectivity index (χ3n) is 7.10. The van der Waals surface area contributed by atoms with Crippen molar-refractivity contribution in [2.24, 2.45) is 0 Å². The lowest BCUT2D eigenvalue weighted by Gasteiger charge is -2.24. The number of anilines is 1. The summed E-state index contributed by atoms with van der Waals surface area (Å²) in [7, 11) is -3.38. The third-order valence-corrected chi connectivity index (χ3v) is 8.63. The Hall–Kier alpha value is -4.80. The predicted octanol–water partition coefficient (Wildman–Crippen LogP) is 5.52. The minimum Gasteiger partial charge on any atom is -0.361 e. The van der Waals surface area contributed by atoms with Crippen LogP contribution in [0.4, 0.5) is 5.82 Å². The highest BCUT2D eigenvalue weighted by atomic mass is 35.5. The van der Waals surface area contributed by atoms with Crippen LogP contribution in [0.2, 0.25) is 5.02 Å². The Bertz CT molecular complexity index is 2210. The molecule has 0 bridgehead atoms. The molecule has 0 saturated heterocycles. The molecule has 0 unspecified atom stereocenters. The number of nitrogens with one attached hydrogen (secondary N) is 2. The van der Waals surface area contributed by atoms with E-state index in [1.807, 2.05) is 43.3 Å². The van der Waals surface area contributed by atoms with Gasteiger partial charge in [-0.15, -0.1) is 0 Å². The Balaban J connectivity index is 1.59. The standard InChI is InChI=1S/C31H24ClN5O4S/c1-18(36-30-26-24(38)15-16-33-29(26)34-17-35-30)28-27(32)23-10-6-9-22(19-11-13-21(14-12-19)42(2,40)41)25(23)31(39)37(28)20-7-4-3-5-8-20/h3-18H,1-2H3,(H2,33,34,35,36,38)/t18-/m0/s1. The van der Waals surface area contributed by atoms with Crippen molar-refractivity contribution in [1.29, 1.82) is 0 Å². The number of pyridine rings is 2. The van der Waals surface area contributed by atoms with Crippen molar-refractivity contribution in [3.8, 4) is 16.8 Å². The summed E-state index contributed by atoms with van der Waals surface area (Å²) in [5.41, 5.74) is 2.18. The van der Waals surface area contributed by atoms with Crippen LogP contribution in [0.1, 0.15) is 18.7 Å². The summed E-state index contributed by atoms with van der Waals surface area (Å²) in [6.07, 6.45) is 4.01. The van der Waals surface area contributed by atoms with Gasteiger partial charge in [0.15, 0.2) is 15.3 Å². The molecule has 11 heteroatoms. The van der Waals surface area contributed by atoms with Crippen molar-refractivity contribution in [1.82, 2.24) is 19.5 Å². The molecule has 3 aromatic carbocycles. The molecule has 0 amide bonds. The fourth-order valence-corrected chi connectivity index (χ4v) is 6.19. The van der Waals surface area contributed by atoms with E-state index in [2.05, 4.69) is 20.3 Å². The maximum absolute atomic E-state index is 14.4. The van der Waals surface area contributed by atoms with Crippen molar-refractivity contribution in [2.75, 3.05) is 11.6 Å². The average Bonchev–Trinajstić information content (AvgIpc) is 2.98. The minimum atomic E-state index is -3.38. The number of sulfone groups is 1. The average molecular weight is 598 g/mol. The van der Waals surface area contributed by atoms with Gasteiger partial charge in [0.2, 0.25) is 0 Å². The molecule has 3 aromatic heterocycles. The summed E-state index contributed by atoms with van der Waals surface area (Å²) < 4.78 is 25.6. The van der Waals surface area contributed by atoms with Gasteiger partial charge in [-0.1, -0.05) is 60.1 Å². The van der Waals surface area contributed by atoms with E-state index in [0.29, 0.717) is 49.8 Å². The van der Waals surface area contributed by atoms with Crippen LogP contribution < -0.4 is 16.3 Å². The van der Waals surface area contributed by atoms with Gasteiger partial charge in [0.25, 0.3) is 5.56 Å². The number of halogens is 1. The summed E-state index contributed by atoms with van der Waals surface area (Å²) >= 11 is 7.14. The lowest BCUT2D eigenvalue weighted by molar-refractivity contribution is 0.602. The first-order valence-corrected chi connectivity index (χ1v) is 15.2. The predicted molar refractivity (Wildman–Crippen MR) is 165 cm³/mol. The van der Waals surface area contributed by atoms with Gasteiger partial charge in [-0.05, 0) is 42.3 Å². The van der Waals surface area contributed by atoms with E-state index in [1.165, 1.54) is 30.7 Å². The molecule has 1 atom stereocenters. The number of para-hydroxylation sites is 1. The van der Waals surface area contributed by atoms with E-state index in [4.69, 9.17) is 11.6 Å². The molecule has 0 aliphatic heterocycles. The van der Waals surface area contributed by atoms with Crippen LogP contribution in [-0.4, -0.2) is 34.2 Å². The largest absolute Gasteiger partial charge is 0.361 e. The van der Waals surface area contributed by atoms with Crippen molar-refractivity contribution >= 4 is 49.1 Å². The van der Waals surface area contributed by atoms with Crippen LogP contribution in [0, 0.1) is 0 Å². The molecule has 0 radical (unpaired) electrons. The first kappa shape index (κ1) is 27.4. The number of rotatable bonds is 6. The number of hydrogen-bond acceptors (Lipinski definition) is 7. The molecule has 9 nitrogen and oxygen atoms in total. The van der Waals surface area contributed by atoms with E-state index >= 15 is 0 Å². The van der Waals surface area contributed by atoms with Crippen LogP contribution in [0.3, 0.4) is 0 Å². The zero-order valence-electron chi connectivity index (χ0n) is 22.5. The summed E-state index contributed by atoms with van der Waals surface area (Å²) in [6.45, 7) is 1.84. The van der Waals surface area contributed by atoms with E-state index in [0.717, 1.165) is 6.26 Å². The van der Waals surface area contributed by atoms with Gasteiger partial charge >= 0.3 is 0 Å². The number of benzene rings is 3. The molecular formula is C31H24ClN5O4S. The summed E-state index contributed by atoms with van der Waals surface area (Å²) in [4.78, 5) is 38.7. The van der Waals surface area contributed by atoms with Crippen LogP contribution in [0.15, 0.2) is 106 Å². The highest BCUT2D eigenvalue weighted by molar-refractivity contribution is 7.90. The minimum absolute atomic E-state index is 0.185. The van der Waals surface area contributed by atoms with Crippen molar-refractivity contribution in [2.45, 2.75) is 17.9 Å².